The molecule has 0 amide bonds. The zero-order chi connectivity index (χ0) is 13.5. The fraction of sp³-hybridized carbons (Fsp3) is 0.625. The Morgan fingerprint density at radius 1 is 1.42 bits per heavy atom. The van der Waals surface area contributed by atoms with Crippen molar-refractivity contribution in [3.63, 3.8) is 0 Å². The normalized spacial score (nSPS) is 33.8. The molecule has 2 aliphatic rings. The molecule has 19 heavy (non-hydrogen) atoms. The van der Waals surface area contributed by atoms with E-state index < -0.39 is 0 Å². The molecular formula is C16H22ClNO. The zero-order valence-corrected chi connectivity index (χ0v) is 12.2. The summed E-state index contributed by atoms with van der Waals surface area (Å²) in [5, 5.41) is 0.740. The molecule has 0 radical (unpaired) electrons. The van der Waals surface area contributed by atoms with Gasteiger partial charge in [0.1, 0.15) is 11.4 Å². The van der Waals surface area contributed by atoms with Gasteiger partial charge < -0.3 is 10.5 Å². The lowest BCUT2D eigenvalue weighted by atomic mass is 9.72. The van der Waals surface area contributed by atoms with Crippen LogP contribution in [0.25, 0.3) is 0 Å². The van der Waals surface area contributed by atoms with Gasteiger partial charge in [0, 0.05) is 23.0 Å². The molecule has 1 aromatic carbocycles. The molecule has 1 heterocycles. The standard InChI is InChI=1S/C16H22ClNO/c1-2-11-4-3-7-16(9-11)10-14(18)13-8-12(17)5-6-15(13)19-16/h5-6,8,11,14H,2-4,7,9-10,18H2,1H3. The van der Waals surface area contributed by atoms with Crippen molar-refractivity contribution in [3.05, 3.63) is 28.8 Å². The predicted molar refractivity (Wildman–Crippen MR) is 78.6 cm³/mol. The van der Waals surface area contributed by atoms with E-state index in [0.29, 0.717) is 0 Å². The van der Waals surface area contributed by atoms with Crippen LogP contribution in [0.1, 0.15) is 57.1 Å². The molecule has 3 heteroatoms. The van der Waals surface area contributed by atoms with Crippen LogP contribution in [0.15, 0.2) is 18.2 Å². The summed E-state index contributed by atoms with van der Waals surface area (Å²) in [6.07, 6.45) is 7.06. The van der Waals surface area contributed by atoms with E-state index in [1.807, 2.05) is 18.2 Å². The number of rotatable bonds is 1. The van der Waals surface area contributed by atoms with Crippen LogP contribution in [0.3, 0.4) is 0 Å². The fourth-order valence-corrected chi connectivity index (χ4v) is 3.94. The summed E-state index contributed by atoms with van der Waals surface area (Å²) < 4.78 is 6.38. The van der Waals surface area contributed by atoms with Gasteiger partial charge >= 0.3 is 0 Å². The third-order valence-corrected chi connectivity index (χ3v) is 5.01. The molecular weight excluding hydrogens is 258 g/mol. The largest absolute Gasteiger partial charge is 0.487 e. The van der Waals surface area contributed by atoms with Crippen LogP contribution in [0, 0.1) is 5.92 Å². The first-order valence-corrected chi connectivity index (χ1v) is 7.74. The average Bonchev–Trinajstić information content (AvgIpc) is 2.40. The highest BCUT2D eigenvalue weighted by molar-refractivity contribution is 6.30. The highest BCUT2D eigenvalue weighted by Crippen LogP contribution is 2.47. The molecule has 3 rings (SSSR count). The van der Waals surface area contributed by atoms with Gasteiger partial charge in [0.25, 0.3) is 0 Å². The van der Waals surface area contributed by atoms with E-state index in [1.165, 1.54) is 19.3 Å². The first-order chi connectivity index (χ1) is 9.12. The monoisotopic (exact) mass is 279 g/mol. The van der Waals surface area contributed by atoms with E-state index in [1.54, 1.807) is 0 Å². The second-order valence-electron chi connectivity index (χ2n) is 6.15. The van der Waals surface area contributed by atoms with E-state index in [-0.39, 0.29) is 11.6 Å². The number of ether oxygens (including phenoxy) is 1. The molecule has 3 atom stereocenters. The summed E-state index contributed by atoms with van der Waals surface area (Å²) in [6.45, 7) is 2.28. The van der Waals surface area contributed by atoms with Crippen LogP contribution < -0.4 is 10.5 Å². The van der Waals surface area contributed by atoms with Crippen molar-refractivity contribution in [2.75, 3.05) is 0 Å². The first kappa shape index (κ1) is 13.3. The maximum absolute atomic E-state index is 6.38. The predicted octanol–water partition coefficient (Wildman–Crippen LogP) is 4.46. The summed E-state index contributed by atoms with van der Waals surface area (Å²) in [5.41, 5.74) is 7.41. The summed E-state index contributed by atoms with van der Waals surface area (Å²) in [4.78, 5) is 0. The lowest BCUT2D eigenvalue weighted by Gasteiger charge is -2.46. The Bertz CT molecular complexity index is 476. The average molecular weight is 280 g/mol. The van der Waals surface area contributed by atoms with E-state index in [0.717, 1.165) is 41.5 Å². The Balaban J connectivity index is 1.89. The highest BCUT2D eigenvalue weighted by Gasteiger charge is 2.43. The second kappa shape index (κ2) is 4.99. The number of hydrogen-bond acceptors (Lipinski definition) is 2. The van der Waals surface area contributed by atoms with Crippen molar-refractivity contribution < 1.29 is 4.74 Å². The molecule has 1 spiro atoms. The Kier molecular flexibility index (Phi) is 3.48. The van der Waals surface area contributed by atoms with Gasteiger partial charge in [-0.05, 0) is 43.4 Å². The lowest BCUT2D eigenvalue weighted by Crippen LogP contribution is -2.46. The molecule has 1 saturated carbocycles. The van der Waals surface area contributed by atoms with Gasteiger partial charge in [0.15, 0.2) is 0 Å². The summed E-state index contributed by atoms with van der Waals surface area (Å²) >= 11 is 6.05. The number of nitrogens with two attached hydrogens (primary N) is 1. The van der Waals surface area contributed by atoms with Gasteiger partial charge in [-0.1, -0.05) is 31.4 Å². The van der Waals surface area contributed by atoms with Gasteiger partial charge in [-0.2, -0.15) is 0 Å². The minimum atomic E-state index is -0.0286. The summed E-state index contributed by atoms with van der Waals surface area (Å²) in [5.74, 6) is 1.73. The van der Waals surface area contributed by atoms with Crippen molar-refractivity contribution in [2.24, 2.45) is 11.7 Å². The van der Waals surface area contributed by atoms with E-state index in [9.17, 15) is 0 Å². The summed E-state index contributed by atoms with van der Waals surface area (Å²) in [7, 11) is 0. The molecule has 0 bridgehead atoms. The third kappa shape index (κ3) is 2.48. The molecule has 104 valence electrons. The Labute approximate surface area is 120 Å². The second-order valence-corrected chi connectivity index (χ2v) is 6.58. The molecule has 1 aliphatic heterocycles. The van der Waals surface area contributed by atoms with Crippen LogP contribution >= 0.6 is 11.6 Å². The Morgan fingerprint density at radius 2 is 2.26 bits per heavy atom. The molecule has 0 saturated heterocycles. The van der Waals surface area contributed by atoms with Gasteiger partial charge in [-0.3, -0.25) is 0 Å². The van der Waals surface area contributed by atoms with Crippen molar-refractivity contribution in [1.29, 1.82) is 0 Å². The highest BCUT2D eigenvalue weighted by atomic mass is 35.5. The van der Waals surface area contributed by atoms with Gasteiger partial charge in [0.2, 0.25) is 0 Å². The van der Waals surface area contributed by atoms with Crippen LogP contribution in [0.2, 0.25) is 5.02 Å². The van der Waals surface area contributed by atoms with E-state index >= 15 is 0 Å². The van der Waals surface area contributed by atoms with Crippen molar-refractivity contribution in [2.45, 2.75) is 57.1 Å². The van der Waals surface area contributed by atoms with Gasteiger partial charge in [-0.15, -0.1) is 0 Å². The molecule has 1 fully saturated rings. The van der Waals surface area contributed by atoms with Crippen LogP contribution in [0.5, 0.6) is 5.75 Å². The van der Waals surface area contributed by atoms with E-state index in [2.05, 4.69) is 6.92 Å². The topological polar surface area (TPSA) is 35.2 Å². The SMILES string of the molecule is CCC1CCCC2(C1)CC(N)c1cc(Cl)ccc1O2. The van der Waals surface area contributed by atoms with Crippen LogP contribution in [-0.2, 0) is 0 Å². The minimum absolute atomic E-state index is 0.0286. The lowest BCUT2D eigenvalue weighted by molar-refractivity contribution is -0.0175. The maximum atomic E-state index is 6.38. The number of fused-ring (bicyclic) bond motifs is 1. The zero-order valence-electron chi connectivity index (χ0n) is 11.5. The summed E-state index contributed by atoms with van der Waals surface area (Å²) in [6, 6.07) is 5.88. The quantitative estimate of drug-likeness (QED) is 0.824. The number of benzene rings is 1. The van der Waals surface area contributed by atoms with Gasteiger partial charge in [-0.25, -0.2) is 0 Å². The molecule has 2 nitrogen and oxygen atoms in total. The van der Waals surface area contributed by atoms with Gasteiger partial charge in [0.05, 0.1) is 0 Å². The molecule has 2 N–H and O–H groups in total. The number of hydrogen-bond donors (Lipinski definition) is 1. The molecule has 3 unspecified atom stereocenters. The van der Waals surface area contributed by atoms with Crippen molar-refractivity contribution >= 4 is 11.6 Å². The third-order valence-electron chi connectivity index (χ3n) is 4.77. The molecule has 0 aromatic heterocycles. The molecule has 1 aromatic rings. The Morgan fingerprint density at radius 3 is 3.05 bits per heavy atom. The first-order valence-electron chi connectivity index (χ1n) is 7.36. The minimum Gasteiger partial charge on any atom is -0.487 e. The molecule has 1 aliphatic carbocycles. The van der Waals surface area contributed by atoms with E-state index in [4.69, 9.17) is 22.1 Å². The van der Waals surface area contributed by atoms with Crippen LogP contribution in [0.4, 0.5) is 0 Å². The fourth-order valence-electron chi connectivity index (χ4n) is 3.76. The van der Waals surface area contributed by atoms with Crippen LogP contribution in [-0.4, -0.2) is 5.60 Å². The maximum Gasteiger partial charge on any atom is 0.125 e. The van der Waals surface area contributed by atoms with Crippen molar-refractivity contribution in [3.8, 4) is 5.75 Å². The Hall–Kier alpha value is -0.730. The smallest absolute Gasteiger partial charge is 0.125 e. The van der Waals surface area contributed by atoms with Crippen molar-refractivity contribution in [1.82, 2.24) is 0 Å². The number of halogens is 1.